The van der Waals surface area contributed by atoms with Crippen molar-refractivity contribution >= 4 is 17.9 Å². The monoisotopic (exact) mass is 328 g/mol. The highest BCUT2D eigenvalue weighted by atomic mass is 16.6. The van der Waals surface area contributed by atoms with E-state index in [1.54, 1.807) is 6.92 Å². The summed E-state index contributed by atoms with van der Waals surface area (Å²) in [5, 5.41) is 9.68. The van der Waals surface area contributed by atoms with Gasteiger partial charge in [-0.25, -0.2) is 4.79 Å². The summed E-state index contributed by atoms with van der Waals surface area (Å²) in [4.78, 5) is 34.4. The summed E-state index contributed by atoms with van der Waals surface area (Å²) in [6, 6.07) is 0. The van der Waals surface area contributed by atoms with Gasteiger partial charge in [0.2, 0.25) is 0 Å². The molecule has 0 saturated carbocycles. The fourth-order valence-electron chi connectivity index (χ4n) is 2.47. The Morgan fingerprint density at radius 3 is 2.87 bits per heavy atom. The second kappa shape index (κ2) is 7.96. The molecule has 0 radical (unpaired) electrons. The first-order valence-electron chi connectivity index (χ1n) is 7.56. The van der Waals surface area contributed by atoms with E-state index in [1.165, 1.54) is 0 Å². The number of cyclic esters (lactones) is 2. The van der Waals surface area contributed by atoms with Gasteiger partial charge >= 0.3 is 17.9 Å². The number of carbonyl (C=O) groups excluding carboxylic acids is 3. The van der Waals surface area contributed by atoms with E-state index in [9.17, 15) is 19.5 Å². The van der Waals surface area contributed by atoms with Gasteiger partial charge in [0.15, 0.2) is 6.10 Å². The summed E-state index contributed by atoms with van der Waals surface area (Å²) >= 11 is 0. The van der Waals surface area contributed by atoms with Crippen molar-refractivity contribution in [3.8, 4) is 0 Å². The van der Waals surface area contributed by atoms with E-state index in [1.807, 2.05) is 0 Å². The van der Waals surface area contributed by atoms with Crippen molar-refractivity contribution in [3.05, 3.63) is 11.8 Å². The number of hydrogen-bond acceptors (Lipinski definition) is 8. The summed E-state index contributed by atoms with van der Waals surface area (Å²) in [5.41, 5.74) is 0. The Morgan fingerprint density at radius 1 is 1.43 bits per heavy atom. The number of hydrogen-bond donors (Lipinski definition) is 1. The van der Waals surface area contributed by atoms with Gasteiger partial charge in [-0.3, -0.25) is 9.59 Å². The van der Waals surface area contributed by atoms with Crippen molar-refractivity contribution in [2.75, 3.05) is 19.8 Å². The first kappa shape index (κ1) is 17.3. The molecule has 0 aromatic heterocycles. The van der Waals surface area contributed by atoms with Crippen molar-refractivity contribution in [1.82, 2.24) is 0 Å². The molecular formula is C15H20O8. The lowest BCUT2D eigenvalue weighted by Gasteiger charge is -2.23. The topological polar surface area (TPSA) is 108 Å². The number of esters is 3. The van der Waals surface area contributed by atoms with Crippen LogP contribution in [0.15, 0.2) is 11.8 Å². The summed E-state index contributed by atoms with van der Waals surface area (Å²) in [7, 11) is 0. The molecule has 3 unspecified atom stereocenters. The first-order chi connectivity index (χ1) is 11.0. The van der Waals surface area contributed by atoms with E-state index in [0.717, 1.165) is 6.08 Å². The maximum absolute atomic E-state index is 12.1. The molecule has 1 saturated heterocycles. The number of rotatable bonds is 6. The predicted molar refractivity (Wildman–Crippen MR) is 75.3 cm³/mol. The third-order valence-corrected chi connectivity index (χ3v) is 3.67. The maximum atomic E-state index is 12.1. The summed E-state index contributed by atoms with van der Waals surface area (Å²) < 4.78 is 20.4. The van der Waals surface area contributed by atoms with Crippen LogP contribution in [0.3, 0.4) is 0 Å². The molecule has 2 aliphatic heterocycles. The Kier molecular flexibility index (Phi) is 5.97. The molecule has 8 heteroatoms. The van der Waals surface area contributed by atoms with Crippen LogP contribution in [0.1, 0.15) is 26.2 Å². The molecule has 2 rings (SSSR count). The van der Waals surface area contributed by atoms with Gasteiger partial charge in [0.05, 0.1) is 18.6 Å². The van der Waals surface area contributed by atoms with Crippen LogP contribution >= 0.6 is 0 Å². The first-order valence-corrected chi connectivity index (χ1v) is 7.56. The predicted octanol–water partition coefficient (Wildman–Crippen LogP) is 0.645. The van der Waals surface area contributed by atoms with E-state index in [4.69, 9.17) is 18.9 Å². The molecule has 0 aliphatic carbocycles. The fourth-order valence-corrected chi connectivity index (χ4v) is 2.47. The third-order valence-electron chi connectivity index (χ3n) is 3.67. The van der Waals surface area contributed by atoms with E-state index in [0.29, 0.717) is 19.4 Å². The van der Waals surface area contributed by atoms with Gasteiger partial charge in [0.1, 0.15) is 18.5 Å². The van der Waals surface area contributed by atoms with Crippen molar-refractivity contribution < 1.29 is 38.4 Å². The zero-order valence-electron chi connectivity index (χ0n) is 12.9. The van der Waals surface area contributed by atoms with E-state index >= 15 is 0 Å². The average Bonchev–Trinajstić information content (AvgIpc) is 2.71. The van der Waals surface area contributed by atoms with Crippen LogP contribution in [0, 0.1) is 5.92 Å². The zero-order valence-corrected chi connectivity index (χ0v) is 12.9. The smallest absolute Gasteiger partial charge is 0.335 e. The van der Waals surface area contributed by atoms with Gasteiger partial charge in [0, 0.05) is 13.0 Å². The van der Waals surface area contributed by atoms with Crippen LogP contribution in [0.25, 0.3) is 0 Å². The molecule has 128 valence electrons. The molecule has 0 aromatic rings. The highest BCUT2D eigenvalue weighted by Crippen LogP contribution is 2.21. The van der Waals surface area contributed by atoms with Gasteiger partial charge in [-0.15, -0.1) is 0 Å². The van der Waals surface area contributed by atoms with E-state index in [2.05, 4.69) is 0 Å². The van der Waals surface area contributed by atoms with Crippen LogP contribution in [0.2, 0.25) is 0 Å². The van der Waals surface area contributed by atoms with Gasteiger partial charge in [-0.1, -0.05) is 0 Å². The molecule has 0 aromatic carbocycles. The molecule has 3 atom stereocenters. The molecule has 2 heterocycles. The lowest BCUT2D eigenvalue weighted by atomic mass is 10.0. The van der Waals surface area contributed by atoms with Crippen molar-refractivity contribution in [2.45, 2.75) is 38.4 Å². The van der Waals surface area contributed by atoms with Crippen molar-refractivity contribution in [3.63, 3.8) is 0 Å². The molecule has 1 N–H and O–H groups in total. The van der Waals surface area contributed by atoms with Crippen LogP contribution in [-0.4, -0.2) is 55.0 Å². The van der Waals surface area contributed by atoms with Crippen LogP contribution in [0.5, 0.6) is 0 Å². The summed E-state index contributed by atoms with van der Waals surface area (Å²) in [6.07, 6.45) is 0.170. The molecule has 2 aliphatic rings. The lowest BCUT2D eigenvalue weighted by Crippen LogP contribution is -2.37. The van der Waals surface area contributed by atoms with Crippen LogP contribution < -0.4 is 0 Å². The quantitative estimate of drug-likeness (QED) is 0.559. The number of aliphatic hydroxyl groups excluding tert-OH is 1. The van der Waals surface area contributed by atoms with E-state index in [-0.39, 0.29) is 31.4 Å². The minimum absolute atomic E-state index is 0.159. The second-order valence-electron chi connectivity index (χ2n) is 5.30. The molecule has 1 fully saturated rings. The van der Waals surface area contributed by atoms with Gasteiger partial charge < -0.3 is 24.1 Å². The molecule has 8 nitrogen and oxygen atoms in total. The molecule has 0 amide bonds. The summed E-state index contributed by atoms with van der Waals surface area (Å²) in [5.74, 6) is -2.11. The minimum atomic E-state index is -0.978. The van der Waals surface area contributed by atoms with E-state index < -0.39 is 30.1 Å². The lowest BCUT2D eigenvalue weighted by molar-refractivity contribution is -0.160. The number of ether oxygens (including phenoxy) is 4. The fraction of sp³-hybridized carbons (Fsp3) is 0.667. The standard InChI is InChI=1S/C15H20O8/c1-2-20-11(14-10(16)7-13(18)23-14)8-22-15(19)9-3-4-12(17)21-6-5-9/h7,9,11,14,16H,2-6,8H2,1H3. The third kappa shape index (κ3) is 4.69. The normalized spacial score (nSPS) is 25.9. The van der Waals surface area contributed by atoms with Gasteiger partial charge in [-0.2, -0.15) is 0 Å². The number of aliphatic hydroxyl groups is 1. The van der Waals surface area contributed by atoms with Crippen molar-refractivity contribution in [1.29, 1.82) is 0 Å². The Labute approximate surface area is 133 Å². The zero-order chi connectivity index (χ0) is 16.8. The highest BCUT2D eigenvalue weighted by molar-refractivity contribution is 5.85. The van der Waals surface area contributed by atoms with Crippen LogP contribution in [0.4, 0.5) is 0 Å². The molecule has 0 spiro atoms. The molecular weight excluding hydrogens is 308 g/mol. The molecule has 0 bridgehead atoms. The molecule has 23 heavy (non-hydrogen) atoms. The Hall–Kier alpha value is -2.09. The van der Waals surface area contributed by atoms with Gasteiger partial charge in [0.25, 0.3) is 0 Å². The van der Waals surface area contributed by atoms with Crippen LogP contribution in [-0.2, 0) is 33.3 Å². The Morgan fingerprint density at radius 2 is 2.22 bits per heavy atom. The van der Waals surface area contributed by atoms with Gasteiger partial charge in [-0.05, 0) is 19.8 Å². The SMILES string of the molecule is CCOC(COC(=O)C1CCOC(=O)CC1)C1OC(=O)C=C1O. The van der Waals surface area contributed by atoms with Crippen molar-refractivity contribution in [2.24, 2.45) is 5.92 Å². The maximum Gasteiger partial charge on any atom is 0.335 e. The average molecular weight is 328 g/mol. The number of carbonyl (C=O) groups is 3. The Balaban J connectivity index is 1.88. The second-order valence-corrected chi connectivity index (χ2v) is 5.30. The summed E-state index contributed by atoms with van der Waals surface area (Å²) in [6.45, 7) is 2.07. The Bertz CT molecular complexity index is 498. The largest absolute Gasteiger partial charge is 0.508 e. The minimum Gasteiger partial charge on any atom is -0.508 e. The highest BCUT2D eigenvalue weighted by Gasteiger charge is 2.36.